The van der Waals surface area contributed by atoms with Crippen molar-refractivity contribution in [3.8, 4) is 34.5 Å². The summed E-state index contributed by atoms with van der Waals surface area (Å²) in [7, 11) is 1.55. The Morgan fingerprint density at radius 3 is 2.54 bits per heavy atom. The van der Waals surface area contributed by atoms with Gasteiger partial charge < -0.3 is 33.2 Å². The van der Waals surface area contributed by atoms with Crippen LogP contribution in [0.2, 0.25) is 0 Å². The molecule has 250 valence electrons. The summed E-state index contributed by atoms with van der Waals surface area (Å²) < 4.78 is 41.9. The zero-order valence-corrected chi connectivity index (χ0v) is 28.2. The average molecular weight is 673 g/mol. The van der Waals surface area contributed by atoms with Crippen LogP contribution in [0.1, 0.15) is 50.4 Å². The number of fused-ring (bicyclic) bond motifs is 2. The van der Waals surface area contributed by atoms with Gasteiger partial charge in [-0.2, -0.15) is 0 Å². The third-order valence-electron chi connectivity index (χ3n) is 7.73. The number of para-hydroxylation sites is 1. The molecule has 0 saturated carbocycles. The Balaban J connectivity index is 1.40. The molecule has 0 aliphatic carbocycles. The second kappa shape index (κ2) is 14.3. The average Bonchev–Trinajstić information content (AvgIpc) is 3.67. The number of nitrogens with zero attached hydrogens (tertiary/aromatic N) is 2. The normalized spacial score (nSPS) is 15.1. The van der Waals surface area contributed by atoms with Crippen molar-refractivity contribution in [2.75, 3.05) is 33.7 Å². The van der Waals surface area contributed by atoms with E-state index in [0.29, 0.717) is 74.9 Å². The highest BCUT2D eigenvalue weighted by Gasteiger charge is 2.36. The molecule has 1 atom stereocenters. The molecular weight excluding hydrogens is 636 g/mol. The number of aromatic nitrogens is 1. The lowest BCUT2D eigenvalue weighted by Gasteiger charge is -2.26. The molecule has 0 unspecified atom stereocenters. The molecule has 6 rings (SSSR count). The summed E-state index contributed by atoms with van der Waals surface area (Å²) in [5.74, 6) is 2.86. The van der Waals surface area contributed by atoms with E-state index >= 15 is 0 Å². The number of carbonyl (C=O) groups is 1. The molecule has 0 amide bonds. The van der Waals surface area contributed by atoms with Gasteiger partial charge in [0.25, 0.3) is 5.56 Å². The van der Waals surface area contributed by atoms with Crippen molar-refractivity contribution >= 4 is 23.4 Å². The third kappa shape index (κ3) is 6.35. The van der Waals surface area contributed by atoms with Gasteiger partial charge in [-0.05, 0) is 75.2 Å². The van der Waals surface area contributed by atoms with Gasteiger partial charge in [0.15, 0.2) is 39.3 Å². The lowest BCUT2D eigenvalue weighted by molar-refractivity contribution is -0.139. The molecule has 0 bridgehead atoms. The minimum absolute atomic E-state index is 0.168. The van der Waals surface area contributed by atoms with E-state index < -0.39 is 12.0 Å². The van der Waals surface area contributed by atoms with E-state index in [-0.39, 0.29) is 24.5 Å². The van der Waals surface area contributed by atoms with E-state index in [4.69, 9.17) is 38.2 Å². The molecule has 1 aromatic heterocycles. The number of benzene rings is 3. The van der Waals surface area contributed by atoms with Gasteiger partial charge in [-0.15, -0.1) is 0 Å². The molecule has 4 aromatic rings. The molecule has 11 nitrogen and oxygen atoms in total. The van der Waals surface area contributed by atoms with Crippen molar-refractivity contribution in [2.24, 2.45) is 4.99 Å². The molecular formula is C36H36N2O9S. The van der Waals surface area contributed by atoms with Crippen LogP contribution in [0.4, 0.5) is 0 Å². The topological polar surface area (TPSA) is 116 Å². The number of esters is 1. The molecule has 0 saturated heterocycles. The van der Waals surface area contributed by atoms with Crippen LogP contribution in [0.15, 0.2) is 75.7 Å². The second-order valence-corrected chi connectivity index (χ2v) is 11.7. The second-order valence-electron chi connectivity index (χ2n) is 10.7. The zero-order chi connectivity index (χ0) is 33.8. The fraction of sp³-hybridized carbons (Fsp3) is 0.306. The molecule has 3 aromatic carbocycles. The first-order valence-corrected chi connectivity index (χ1v) is 16.5. The van der Waals surface area contributed by atoms with Crippen LogP contribution in [0, 0.1) is 0 Å². The Bertz CT molecular complexity index is 2060. The minimum Gasteiger partial charge on any atom is -0.493 e. The Kier molecular flexibility index (Phi) is 9.72. The maximum Gasteiger partial charge on any atom is 0.338 e. The molecule has 2 aliphatic heterocycles. The fourth-order valence-corrected chi connectivity index (χ4v) is 6.69. The van der Waals surface area contributed by atoms with Gasteiger partial charge in [0.2, 0.25) is 6.79 Å². The maximum absolute atomic E-state index is 14.2. The first-order chi connectivity index (χ1) is 23.4. The van der Waals surface area contributed by atoms with Gasteiger partial charge in [-0.25, -0.2) is 9.79 Å². The number of hydrogen-bond donors (Lipinski definition) is 0. The highest BCUT2D eigenvalue weighted by atomic mass is 32.1. The summed E-state index contributed by atoms with van der Waals surface area (Å²) in [5.41, 5.74) is 2.63. The first-order valence-electron chi connectivity index (χ1n) is 15.6. The number of thiazole rings is 1. The van der Waals surface area contributed by atoms with Gasteiger partial charge in [0, 0.05) is 5.56 Å². The van der Waals surface area contributed by atoms with E-state index in [1.54, 1.807) is 39.2 Å². The third-order valence-corrected chi connectivity index (χ3v) is 8.71. The SMILES string of the molecule is CCOC(=O)C1=C(C)N=c2s/c(=C/c3ccc(OCc4ccc5c(c4)OCO5)c(OCC)c3)c(=O)n2[C@@H]1c1cccc(OC)c1OCC. The van der Waals surface area contributed by atoms with Gasteiger partial charge in [-0.1, -0.05) is 35.6 Å². The largest absolute Gasteiger partial charge is 0.493 e. The predicted octanol–water partition coefficient (Wildman–Crippen LogP) is 4.91. The number of ether oxygens (including phenoxy) is 7. The highest BCUT2D eigenvalue weighted by molar-refractivity contribution is 7.07. The molecule has 0 fully saturated rings. The van der Waals surface area contributed by atoms with Crippen molar-refractivity contribution in [1.82, 2.24) is 4.57 Å². The smallest absolute Gasteiger partial charge is 0.338 e. The summed E-state index contributed by atoms with van der Waals surface area (Å²) in [4.78, 5) is 32.8. The van der Waals surface area contributed by atoms with Crippen LogP contribution < -0.4 is 43.3 Å². The molecule has 0 N–H and O–H groups in total. The van der Waals surface area contributed by atoms with Crippen LogP contribution >= 0.6 is 11.3 Å². The molecule has 2 aliphatic rings. The first kappa shape index (κ1) is 32.7. The van der Waals surface area contributed by atoms with Crippen molar-refractivity contribution in [2.45, 2.75) is 40.3 Å². The van der Waals surface area contributed by atoms with Crippen LogP contribution in [-0.2, 0) is 16.1 Å². The molecule has 0 radical (unpaired) electrons. The summed E-state index contributed by atoms with van der Waals surface area (Å²) in [6.45, 7) is 8.68. The summed E-state index contributed by atoms with van der Waals surface area (Å²) in [6.07, 6.45) is 1.78. The number of methoxy groups -OCH3 is 1. The van der Waals surface area contributed by atoms with Crippen molar-refractivity contribution in [3.05, 3.63) is 102 Å². The molecule has 48 heavy (non-hydrogen) atoms. The Morgan fingerprint density at radius 1 is 0.958 bits per heavy atom. The monoisotopic (exact) mass is 672 g/mol. The summed E-state index contributed by atoms with van der Waals surface area (Å²) in [5, 5.41) is 0. The van der Waals surface area contributed by atoms with Crippen LogP contribution in [0.25, 0.3) is 6.08 Å². The standard InChI is InChI=1S/C36H36N2O9S/c1-6-42-28-16-22(12-14-25(28)45-19-23-13-15-26-29(17-23)47-20-46-26)18-30-34(39)38-32(24-10-9-11-27(41-5)33(24)43-7-2)31(35(40)44-8-3)21(4)37-36(38)48-30/h9-18,32H,6-8,19-20H2,1-5H3/b30-18+/t32-/m1/s1. The zero-order valence-electron chi connectivity index (χ0n) is 27.4. The summed E-state index contributed by atoms with van der Waals surface area (Å²) >= 11 is 1.23. The van der Waals surface area contributed by atoms with Crippen molar-refractivity contribution in [3.63, 3.8) is 0 Å². The van der Waals surface area contributed by atoms with Crippen LogP contribution in [0.3, 0.4) is 0 Å². The quantitative estimate of drug-likeness (QED) is 0.194. The number of carbonyl (C=O) groups excluding carboxylic acids is 1. The minimum atomic E-state index is -0.856. The van der Waals surface area contributed by atoms with E-state index in [1.807, 2.05) is 56.3 Å². The molecule has 12 heteroatoms. The van der Waals surface area contributed by atoms with E-state index in [2.05, 4.69) is 0 Å². The van der Waals surface area contributed by atoms with Crippen molar-refractivity contribution < 1.29 is 38.0 Å². The maximum atomic E-state index is 14.2. The molecule has 0 spiro atoms. The van der Waals surface area contributed by atoms with Crippen LogP contribution in [0.5, 0.6) is 34.5 Å². The molecule has 3 heterocycles. The predicted molar refractivity (Wildman–Crippen MR) is 179 cm³/mol. The Labute approximate surface area is 281 Å². The van der Waals surface area contributed by atoms with Gasteiger partial charge in [-0.3, -0.25) is 9.36 Å². The van der Waals surface area contributed by atoms with E-state index in [1.165, 1.54) is 15.9 Å². The van der Waals surface area contributed by atoms with Crippen molar-refractivity contribution in [1.29, 1.82) is 0 Å². The lowest BCUT2D eigenvalue weighted by Crippen LogP contribution is -2.40. The lowest BCUT2D eigenvalue weighted by atomic mass is 9.94. The van der Waals surface area contributed by atoms with E-state index in [9.17, 15) is 9.59 Å². The highest BCUT2D eigenvalue weighted by Crippen LogP contribution is 2.41. The number of allylic oxidation sites excluding steroid dienone is 1. The summed E-state index contributed by atoms with van der Waals surface area (Å²) in [6, 6.07) is 15.7. The Morgan fingerprint density at radius 2 is 1.77 bits per heavy atom. The van der Waals surface area contributed by atoms with Gasteiger partial charge in [0.1, 0.15) is 12.6 Å². The number of rotatable bonds is 12. The van der Waals surface area contributed by atoms with Gasteiger partial charge in [0.05, 0.1) is 42.7 Å². The Hall–Kier alpha value is -5.23. The van der Waals surface area contributed by atoms with E-state index in [0.717, 1.165) is 11.1 Å². The van der Waals surface area contributed by atoms with Gasteiger partial charge >= 0.3 is 5.97 Å². The fourth-order valence-electron chi connectivity index (χ4n) is 5.64. The number of hydrogen-bond acceptors (Lipinski definition) is 11. The van der Waals surface area contributed by atoms with Crippen LogP contribution in [-0.4, -0.2) is 44.3 Å².